The Kier molecular flexibility index (Phi) is 4.15. The highest BCUT2D eigenvalue weighted by Crippen LogP contribution is 2.21. The highest BCUT2D eigenvalue weighted by Gasteiger charge is 2.13. The molecule has 0 fully saturated rings. The molecule has 0 bridgehead atoms. The van der Waals surface area contributed by atoms with E-state index in [9.17, 15) is 4.79 Å². The lowest BCUT2D eigenvalue weighted by molar-refractivity contribution is -0.118. The Labute approximate surface area is 98.2 Å². The molecule has 0 aromatic heterocycles. The quantitative estimate of drug-likeness (QED) is 0.883. The van der Waals surface area contributed by atoms with E-state index in [2.05, 4.69) is 21.2 Å². The number of nitrogens with one attached hydrogen (secondary N) is 1. The first kappa shape index (κ1) is 12.0. The first-order valence-corrected chi connectivity index (χ1v) is 5.66. The number of halogens is 1. The Morgan fingerprint density at radius 3 is 2.80 bits per heavy atom. The second kappa shape index (κ2) is 5.16. The van der Waals surface area contributed by atoms with E-state index in [1.165, 1.54) is 0 Å². The molecular formula is C11H15BrN2O. The predicted octanol–water partition coefficient (Wildman–Crippen LogP) is 2.43. The number of aryl methyl sites for hydroxylation is 1. The predicted molar refractivity (Wildman–Crippen MR) is 65.8 cm³/mol. The van der Waals surface area contributed by atoms with Crippen molar-refractivity contribution >= 4 is 27.5 Å². The Hall–Kier alpha value is -1.03. The van der Waals surface area contributed by atoms with Crippen LogP contribution in [0, 0.1) is 6.92 Å². The highest BCUT2D eigenvalue weighted by molar-refractivity contribution is 9.10. The lowest BCUT2D eigenvalue weighted by Crippen LogP contribution is -2.34. The van der Waals surface area contributed by atoms with Crippen molar-refractivity contribution in [3.63, 3.8) is 0 Å². The minimum Gasteiger partial charge on any atom is -0.373 e. The van der Waals surface area contributed by atoms with E-state index in [-0.39, 0.29) is 11.9 Å². The number of hydrogen-bond donors (Lipinski definition) is 2. The molecule has 1 rings (SSSR count). The van der Waals surface area contributed by atoms with Crippen LogP contribution in [-0.2, 0) is 4.79 Å². The number of primary amides is 1. The zero-order valence-corrected chi connectivity index (χ0v) is 10.5. The number of anilines is 1. The van der Waals surface area contributed by atoms with Gasteiger partial charge in [-0.3, -0.25) is 4.79 Å². The van der Waals surface area contributed by atoms with Crippen molar-refractivity contribution in [2.24, 2.45) is 5.73 Å². The molecule has 0 radical (unpaired) electrons. The molecular weight excluding hydrogens is 256 g/mol. The summed E-state index contributed by atoms with van der Waals surface area (Å²) in [6, 6.07) is 5.59. The number of nitrogens with two attached hydrogens (primary N) is 1. The third kappa shape index (κ3) is 3.23. The van der Waals surface area contributed by atoms with Crippen LogP contribution >= 0.6 is 15.9 Å². The summed E-state index contributed by atoms with van der Waals surface area (Å²) >= 11 is 3.39. The van der Waals surface area contributed by atoms with E-state index >= 15 is 0 Å². The van der Waals surface area contributed by atoms with E-state index in [0.717, 1.165) is 15.7 Å². The fourth-order valence-electron chi connectivity index (χ4n) is 1.31. The van der Waals surface area contributed by atoms with E-state index in [0.29, 0.717) is 6.42 Å². The summed E-state index contributed by atoms with van der Waals surface area (Å²) in [6.45, 7) is 3.91. The first-order chi connectivity index (χ1) is 7.04. The van der Waals surface area contributed by atoms with Gasteiger partial charge in [-0.05, 0) is 31.0 Å². The van der Waals surface area contributed by atoms with Gasteiger partial charge in [0.05, 0.1) is 0 Å². The molecule has 1 amide bonds. The van der Waals surface area contributed by atoms with Gasteiger partial charge in [-0.15, -0.1) is 0 Å². The van der Waals surface area contributed by atoms with Crippen LogP contribution in [0.2, 0.25) is 0 Å². The van der Waals surface area contributed by atoms with Crippen molar-refractivity contribution in [1.82, 2.24) is 0 Å². The Bertz CT molecular complexity index is 366. The van der Waals surface area contributed by atoms with E-state index in [1.54, 1.807) is 0 Å². The first-order valence-electron chi connectivity index (χ1n) is 4.86. The summed E-state index contributed by atoms with van der Waals surface area (Å²) < 4.78 is 0.981. The van der Waals surface area contributed by atoms with Gasteiger partial charge in [0.15, 0.2) is 0 Å². The van der Waals surface area contributed by atoms with Crippen molar-refractivity contribution in [2.75, 3.05) is 5.32 Å². The number of carbonyl (C=O) groups is 1. The molecule has 15 heavy (non-hydrogen) atoms. The summed E-state index contributed by atoms with van der Waals surface area (Å²) in [5.74, 6) is -0.322. The van der Waals surface area contributed by atoms with Crippen molar-refractivity contribution in [1.29, 1.82) is 0 Å². The van der Waals surface area contributed by atoms with Crippen LogP contribution in [-0.4, -0.2) is 11.9 Å². The molecule has 1 unspecified atom stereocenters. The standard InChI is InChI=1S/C11H15BrN2O/c1-3-9(11(13)15)14-10-6-8(12)5-4-7(10)2/h4-6,9,14H,3H2,1-2H3,(H2,13,15). The summed E-state index contributed by atoms with van der Waals surface area (Å²) in [7, 11) is 0. The molecule has 0 saturated carbocycles. The fraction of sp³-hybridized carbons (Fsp3) is 0.364. The topological polar surface area (TPSA) is 55.1 Å². The number of benzene rings is 1. The lowest BCUT2D eigenvalue weighted by Gasteiger charge is -2.16. The molecule has 3 N–H and O–H groups in total. The van der Waals surface area contributed by atoms with Crippen molar-refractivity contribution in [2.45, 2.75) is 26.3 Å². The van der Waals surface area contributed by atoms with Crippen molar-refractivity contribution in [3.8, 4) is 0 Å². The summed E-state index contributed by atoms with van der Waals surface area (Å²) in [6.07, 6.45) is 0.682. The van der Waals surface area contributed by atoms with Gasteiger partial charge in [0.25, 0.3) is 0 Å². The van der Waals surface area contributed by atoms with Crippen LogP contribution in [0.15, 0.2) is 22.7 Å². The maximum absolute atomic E-state index is 11.1. The molecule has 82 valence electrons. The normalized spacial score (nSPS) is 12.2. The van der Waals surface area contributed by atoms with Gasteiger partial charge in [0.2, 0.25) is 5.91 Å². The van der Waals surface area contributed by atoms with E-state index in [1.807, 2.05) is 32.0 Å². The number of amides is 1. The monoisotopic (exact) mass is 270 g/mol. The lowest BCUT2D eigenvalue weighted by atomic mass is 10.1. The molecule has 1 atom stereocenters. The summed E-state index contributed by atoms with van der Waals surface area (Å²) in [5.41, 5.74) is 7.31. The zero-order chi connectivity index (χ0) is 11.4. The van der Waals surface area contributed by atoms with Gasteiger partial charge in [0.1, 0.15) is 6.04 Å². The van der Waals surface area contributed by atoms with Gasteiger partial charge < -0.3 is 11.1 Å². The summed E-state index contributed by atoms with van der Waals surface area (Å²) in [4.78, 5) is 11.1. The van der Waals surface area contributed by atoms with E-state index in [4.69, 9.17) is 5.73 Å². The number of hydrogen-bond acceptors (Lipinski definition) is 2. The minimum absolute atomic E-state index is 0.307. The number of carbonyl (C=O) groups excluding carboxylic acids is 1. The van der Waals surface area contributed by atoms with Gasteiger partial charge in [-0.2, -0.15) is 0 Å². The molecule has 4 heteroatoms. The molecule has 1 aromatic rings. The van der Waals surface area contributed by atoms with Crippen LogP contribution in [0.5, 0.6) is 0 Å². The average Bonchev–Trinajstić information content (AvgIpc) is 2.18. The van der Waals surface area contributed by atoms with Crippen molar-refractivity contribution < 1.29 is 4.79 Å². The average molecular weight is 271 g/mol. The Morgan fingerprint density at radius 1 is 1.60 bits per heavy atom. The molecule has 0 saturated heterocycles. The largest absolute Gasteiger partial charge is 0.373 e. The van der Waals surface area contributed by atoms with Crippen LogP contribution in [0.4, 0.5) is 5.69 Å². The molecule has 0 aliphatic carbocycles. The highest BCUT2D eigenvalue weighted by atomic mass is 79.9. The van der Waals surface area contributed by atoms with E-state index < -0.39 is 0 Å². The van der Waals surface area contributed by atoms with Crippen LogP contribution in [0.1, 0.15) is 18.9 Å². The van der Waals surface area contributed by atoms with Crippen LogP contribution < -0.4 is 11.1 Å². The Balaban J connectivity index is 2.87. The molecule has 0 aliphatic heterocycles. The van der Waals surface area contributed by atoms with Gasteiger partial charge in [-0.1, -0.05) is 28.9 Å². The maximum Gasteiger partial charge on any atom is 0.239 e. The number of rotatable bonds is 4. The molecule has 0 aliphatic rings. The van der Waals surface area contributed by atoms with Gasteiger partial charge >= 0.3 is 0 Å². The van der Waals surface area contributed by atoms with Gasteiger partial charge in [0, 0.05) is 10.2 Å². The Morgan fingerprint density at radius 2 is 2.27 bits per heavy atom. The molecule has 0 spiro atoms. The third-order valence-corrected chi connectivity index (χ3v) is 2.77. The minimum atomic E-state index is -0.322. The molecule has 0 heterocycles. The third-order valence-electron chi connectivity index (χ3n) is 2.28. The molecule has 3 nitrogen and oxygen atoms in total. The molecule has 1 aromatic carbocycles. The zero-order valence-electron chi connectivity index (χ0n) is 8.88. The maximum atomic E-state index is 11.1. The van der Waals surface area contributed by atoms with Crippen LogP contribution in [0.3, 0.4) is 0 Å². The summed E-state index contributed by atoms with van der Waals surface area (Å²) in [5, 5.41) is 3.13. The van der Waals surface area contributed by atoms with Crippen LogP contribution in [0.25, 0.3) is 0 Å². The van der Waals surface area contributed by atoms with Gasteiger partial charge in [-0.25, -0.2) is 0 Å². The second-order valence-electron chi connectivity index (χ2n) is 3.47. The fourth-order valence-corrected chi connectivity index (χ4v) is 1.67. The smallest absolute Gasteiger partial charge is 0.239 e. The van der Waals surface area contributed by atoms with Crippen molar-refractivity contribution in [3.05, 3.63) is 28.2 Å². The SMILES string of the molecule is CCC(Nc1cc(Br)ccc1C)C(N)=O. The second-order valence-corrected chi connectivity index (χ2v) is 4.38.